The summed E-state index contributed by atoms with van der Waals surface area (Å²) in [7, 11) is 4.26. The van der Waals surface area contributed by atoms with E-state index >= 15 is 0 Å². The van der Waals surface area contributed by atoms with Crippen molar-refractivity contribution in [1.82, 2.24) is 4.98 Å². The number of hydrogen-bond acceptors (Lipinski definition) is 7. The van der Waals surface area contributed by atoms with Crippen LogP contribution in [0.1, 0.15) is 22.7 Å². The van der Waals surface area contributed by atoms with Crippen molar-refractivity contribution in [2.45, 2.75) is 12.8 Å². The van der Waals surface area contributed by atoms with E-state index in [2.05, 4.69) is 4.98 Å². The zero-order valence-electron chi connectivity index (χ0n) is 15.4. The maximum absolute atomic E-state index is 12.7. The highest BCUT2D eigenvalue weighted by atomic mass is 16.5. The smallest absolute Gasteiger partial charge is 0.340 e. The van der Waals surface area contributed by atoms with Crippen LogP contribution in [-0.2, 0) is 9.53 Å². The fourth-order valence-corrected chi connectivity index (χ4v) is 3.18. The highest BCUT2D eigenvalue weighted by Crippen LogP contribution is 2.43. The maximum Gasteiger partial charge on any atom is 0.340 e. The minimum Gasteiger partial charge on any atom is -0.493 e. The van der Waals surface area contributed by atoms with E-state index in [-0.39, 0.29) is 22.6 Å². The summed E-state index contributed by atoms with van der Waals surface area (Å²) >= 11 is 0. The summed E-state index contributed by atoms with van der Waals surface area (Å²) in [6.07, 6.45) is 0. The van der Waals surface area contributed by atoms with Crippen LogP contribution in [0.3, 0.4) is 0 Å². The number of aromatic amines is 1. The fraction of sp³-hybridized carbons (Fsp3) is 0.263. The van der Waals surface area contributed by atoms with Crippen molar-refractivity contribution in [3.63, 3.8) is 0 Å². The van der Waals surface area contributed by atoms with Gasteiger partial charge in [-0.3, -0.25) is 4.79 Å². The van der Waals surface area contributed by atoms with Crippen molar-refractivity contribution in [3.8, 4) is 17.2 Å². The van der Waals surface area contributed by atoms with E-state index in [9.17, 15) is 9.59 Å². The number of nitrogens with one attached hydrogen (secondary N) is 1. The molecule has 1 atom stereocenters. The van der Waals surface area contributed by atoms with Gasteiger partial charge in [-0.2, -0.15) is 0 Å². The van der Waals surface area contributed by atoms with Gasteiger partial charge in [0, 0.05) is 11.8 Å². The van der Waals surface area contributed by atoms with Crippen molar-refractivity contribution < 1.29 is 23.7 Å². The molecule has 0 fully saturated rings. The van der Waals surface area contributed by atoms with Gasteiger partial charge in [-0.25, -0.2) is 4.79 Å². The summed E-state index contributed by atoms with van der Waals surface area (Å²) in [4.78, 5) is 27.9. The molecule has 0 amide bonds. The van der Waals surface area contributed by atoms with E-state index in [1.807, 2.05) is 0 Å². The number of hydrogen-bond donors (Lipinski definition) is 2. The average Bonchev–Trinajstić information content (AvgIpc) is 2.65. The molecular formula is C19H20N2O6. The first-order valence-electron chi connectivity index (χ1n) is 8.12. The Morgan fingerprint density at radius 2 is 1.85 bits per heavy atom. The Kier molecular flexibility index (Phi) is 4.81. The Morgan fingerprint density at radius 1 is 1.15 bits per heavy atom. The summed E-state index contributed by atoms with van der Waals surface area (Å²) in [5, 5.41) is 0. The van der Waals surface area contributed by atoms with Gasteiger partial charge in [0.2, 0.25) is 5.88 Å². The minimum atomic E-state index is -0.787. The first-order chi connectivity index (χ1) is 12.9. The quantitative estimate of drug-likeness (QED) is 0.783. The molecule has 27 heavy (non-hydrogen) atoms. The largest absolute Gasteiger partial charge is 0.493 e. The predicted octanol–water partition coefficient (Wildman–Crippen LogP) is 1.57. The zero-order chi connectivity index (χ0) is 19.7. The first-order valence-corrected chi connectivity index (χ1v) is 8.12. The van der Waals surface area contributed by atoms with Gasteiger partial charge in [-0.1, -0.05) is 6.07 Å². The fourth-order valence-electron chi connectivity index (χ4n) is 3.18. The second-order valence-corrected chi connectivity index (χ2v) is 5.98. The molecule has 0 aliphatic carbocycles. The molecule has 0 saturated carbocycles. The summed E-state index contributed by atoms with van der Waals surface area (Å²) < 4.78 is 21.0. The predicted molar refractivity (Wildman–Crippen MR) is 97.0 cm³/mol. The third-order valence-corrected chi connectivity index (χ3v) is 4.38. The van der Waals surface area contributed by atoms with Gasteiger partial charge in [-0.05, 0) is 24.6 Å². The van der Waals surface area contributed by atoms with Crippen LogP contribution in [0.15, 0.2) is 40.5 Å². The van der Waals surface area contributed by atoms with Crippen molar-refractivity contribution in [1.29, 1.82) is 0 Å². The number of aromatic nitrogens is 1. The van der Waals surface area contributed by atoms with Crippen LogP contribution in [0.5, 0.6) is 17.2 Å². The molecule has 2 aromatic rings. The SMILES string of the molecule is COC(=O)C1=C(N)Oc2cc(C)[nH]c(=O)c2C1c1ccc(OC)c(OC)c1. The molecule has 2 heterocycles. The van der Waals surface area contributed by atoms with Gasteiger partial charge < -0.3 is 29.7 Å². The number of rotatable bonds is 4. The minimum absolute atomic E-state index is 0.0478. The average molecular weight is 372 g/mol. The summed E-state index contributed by atoms with van der Waals surface area (Å²) in [6.45, 7) is 1.73. The van der Waals surface area contributed by atoms with E-state index in [0.717, 1.165) is 0 Å². The molecule has 8 heteroatoms. The van der Waals surface area contributed by atoms with Gasteiger partial charge in [0.25, 0.3) is 5.56 Å². The van der Waals surface area contributed by atoms with Gasteiger partial charge in [-0.15, -0.1) is 0 Å². The number of nitrogens with two attached hydrogens (primary N) is 1. The molecule has 3 N–H and O–H groups in total. The summed E-state index contributed by atoms with van der Waals surface area (Å²) in [5.74, 6) is -0.319. The first kappa shape index (κ1) is 18.4. The van der Waals surface area contributed by atoms with E-state index in [4.69, 9.17) is 24.7 Å². The zero-order valence-corrected chi connectivity index (χ0v) is 15.4. The Balaban J connectivity index is 2.30. The van der Waals surface area contributed by atoms with E-state index in [1.165, 1.54) is 21.3 Å². The number of benzene rings is 1. The third kappa shape index (κ3) is 3.10. The lowest BCUT2D eigenvalue weighted by Crippen LogP contribution is -2.31. The van der Waals surface area contributed by atoms with Crippen LogP contribution >= 0.6 is 0 Å². The Labute approximate surface area is 155 Å². The molecule has 1 aromatic carbocycles. The van der Waals surface area contributed by atoms with Crippen LogP contribution < -0.4 is 25.5 Å². The van der Waals surface area contributed by atoms with E-state index in [0.29, 0.717) is 28.5 Å². The van der Waals surface area contributed by atoms with Gasteiger partial charge in [0.15, 0.2) is 11.5 Å². The molecule has 1 unspecified atom stereocenters. The number of pyridine rings is 1. The molecule has 0 spiro atoms. The normalized spacial score (nSPS) is 15.6. The third-order valence-electron chi connectivity index (χ3n) is 4.38. The topological polar surface area (TPSA) is 113 Å². The van der Waals surface area contributed by atoms with Crippen LogP contribution in [0.2, 0.25) is 0 Å². The maximum atomic E-state index is 12.7. The Hall–Kier alpha value is -3.42. The Morgan fingerprint density at radius 3 is 2.48 bits per heavy atom. The number of aryl methyl sites for hydroxylation is 1. The van der Waals surface area contributed by atoms with Gasteiger partial charge >= 0.3 is 5.97 Å². The highest BCUT2D eigenvalue weighted by Gasteiger charge is 2.37. The summed E-state index contributed by atoms with van der Waals surface area (Å²) in [5.41, 5.74) is 7.17. The second kappa shape index (κ2) is 7.06. The molecule has 8 nitrogen and oxygen atoms in total. The van der Waals surface area contributed by atoms with Crippen LogP contribution in [0, 0.1) is 6.92 Å². The number of esters is 1. The lowest BCUT2D eigenvalue weighted by atomic mass is 9.83. The van der Waals surface area contributed by atoms with Crippen LogP contribution in [-0.4, -0.2) is 32.3 Å². The second-order valence-electron chi connectivity index (χ2n) is 5.98. The lowest BCUT2D eigenvalue weighted by Gasteiger charge is -2.28. The summed E-state index contributed by atoms with van der Waals surface area (Å²) in [6, 6.07) is 6.77. The van der Waals surface area contributed by atoms with Crippen LogP contribution in [0.4, 0.5) is 0 Å². The number of fused-ring (bicyclic) bond motifs is 1. The number of H-pyrrole nitrogens is 1. The highest BCUT2D eigenvalue weighted by molar-refractivity contribution is 5.92. The number of carbonyl (C=O) groups is 1. The number of ether oxygens (including phenoxy) is 4. The van der Waals surface area contributed by atoms with E-state index in [1.54, 1.807) is 31.2 Å². The lowest BCUT2D eigenvalue weighted by molar-refractivity contribution is -0.136. The molecule has 0 saturated heterocycles. The number of methoxy groups -OCH3 is 3. The standard InChI is InChI=1S/C19H20N2O6/c1-9-7-13-15(18(22)21-9)14(16(17(20)27-13)19(23)26-4)10-5-6-11(24-2)12(8-10)25-3/h5-8,14H,20H2,1-4H3,(H,21,22). The van der Waals surface area contributed by atoms with E-state index < -0.39 is 11.9 Å². The molecule has 1 aromatic heterocycles. The molecule has 1 aliphatic heterocycles. The molecule has 3 rings (SSSR count). The molecule has 0 bridgehead atoms. The van der Waals surface area contributed by atoms with Gasteiger partial charge in [0.1, 0.15) is 11.3 Å². The molecule has 142 valence electrons. The van der Waals surface area contributed by atoms with Gasteiger partial charge in [0.05, 0.1) is 32.8 Å². The van der Waals surface area contributed by atoms with Crippen molar-refractivity contribution in [2.24, 2.45) is 5.73 Å². The van der Waals surface area contributed by atoms with Crippen LogP contribution in [0.25, 0.3) is 0 Å². The molecule has 0 radical (unpaired) electrons. The van der Waals surface area contributed by atoms with Crippen molar-refractivity contribution in [2.75, 3.05) is 21.3 Å². The monoisotopic (exact) mass is 372 g/mol. The molecular weight excluding hydrogens is 352 g/mol. The number of carbonyl (C=O) groups excluding carboxylic acids is 1. The molecule has 1 aliphatic rings. The Bertz CT molecular complexity index is 992. The van der Waals surface area contributed by atoms with Crippen molar-refractivity contribution in [3.05, 3.63) is 62.9 Å². The van der Waals surface area contributed by atoms with Crippen molar-refractivity contribution >= 4 is 5.97 Å².